The summed E-state index contributed by atoms with van der Waals surface area (Å²) < 4.78 is 49.6. The highest BCUT2D eigenvalue weighted by Gasteiger charge is 2.34. The van der Waals surface area contributed by atoms with E-state index in [-0.39, 0.29) is 16.7 Å². The maximum Gasteiger partial charge on any atom is 0.417 e. The van der Waals surface area contributed by atoms with E-state index in [0.29, 0.717) is 17.3 Å². The predicted molar refractivity (Wildman–Crippen MR) is 97.4 cm³/mol. The third kappa shape index (κ3) is 4.55. The monoisotopic (exact) mass is 402 g/mol. The van der Waals surface area contributed by atoms with Crippen LogP contribution < -0.4 is 15.7 Å². The number of benzene rings is 2. The first-order valence-corrected chi connectivity index (χ1v) is 8.30. The van der Waals surface area contributed by atoms with Gasteiger partial charge in [-0.15, -0.1) is 0 Å². The minimum absolute atomic E-state index is 0.0494. The molecule has 0 aliphatic carbocycles. The van der Waals surface area contributed by atoms with Crippen molar-refractivity contribution < 1.29 is 27.1 Å². The Balaban J connectivity index is 1.81. The van der Waals surface area contributed by atoms with E-state index in [1.165, 1.54) is 19.1 Å². The number of hydrogen-bond acceptors (Lipinski definition) is 5. The number of hydrogen-bond donors (Lipinski definition) is 1. The molecule has 0 radical (unpaired) electrons. The van der Waals surface area contributed by atoms with Crippen LogP contribution in [0.1, 0.15) is 18.1 Å². The number of nitrogens with one attached hydrogen (secondary N) is 1. The number of ether oxygens (including phenoxy) is 1. The van der Waals surface area contributed by atoms with Crippen LogP contribution in [0.2, 0.25) is 0 Å². The number of carbonyl (C=O) groups excluding carboxylic acids is 1. The largest absolute Gasteiger partial charge is 0.481 e. The fourth-order valence-electron chi connectivity index (χ4n) is 2.62. The lowest BCUT2D eigenvalue weighted by atomic mass is 10.1. The van der Waals surface area contributed by atoms with Crippen molar-refractivity contribution in [1.82, 2.24) is 0 Å². The molecule has 1 amide bonds. The highest BCUT2D eigenvalue weighted by molar-refractivity contribution is 5.94. The maximum atomic E-state index is 13.1. The average Bonchev–Trinajstić information content (AvgIpc) is 2.66. The van der Waals surface area contributed by atoms with Crippen molar-refractivity contribution in [2.24, 2.45) is 0 Å². The second-order valence-corrected chi connectivity index (χ2v) is 6.08. The molecule has 0 fully saturated rings. The summed E-state index contributed by atoms with van der Waals surface area (Å²) in [7, 11) is 0. The summed E-state index contributed by atoms with van der Waals surface area (Å²) >= 11 is 0. The second-order valence-electron chi connectivity index (χ2n) is 6.08. The molecule has 0 saturated carbocycles. The van der Waals surface area contributed by atoms with Gasteiger partial charge in [0.15, 0.2) is 6.10 Å². The normalized spacial score (nSPS) is 12.2. The van der Waals surface area contributed by atoms with Crippen molar-refractivity contribution in [2.45, 2.75) is 19.2 Å². The van der Waals surface area contributed by atoms with Crippen molar-refractivity contribution in [3.05, 3.63) is 70.1 Å². The number of halogens is 3. The Hall–Kier alpha value is -3.80. The molecule has 1 unspecified atom stereocenters. The van der Waals surface area contributed by atoms with Gasteiger partial charge in [0.25, 0.3) is 5.91 Å². The summed E-state index contributed by atoms with van der Waals surface area (Å²) in [5.74, 6) is -0.487. The van der Waals surface area contributed by atoms with E-state index in [4.69, 9.17) is 14.4 Å². The summed E-state index contributed by atoms with van der Waals surface area (Å²) in [5, 5.41) is 11.2. The minimum atomic E-state index is -4.72. The number of nitriles is 1. The van der Waals surface area contributed by atoms with Crippen LogP contribution in [0.4, 0.5) is 18.9 Å². The van der Waals surface area contributed by atoms with Crippen LogP contribution in [0, 0.1) is 11.3 Å². The highest BCUT2D eigenvalue weighted by Crippen LogP contribution is 2.35. The van der Waals surface area contributed by atoms with E-state index >= 15 is 0 Å². The first-order chi connectivity index (χ1) is 13.7. The molecule has 1 heterocycles. The lowest BCUT2D eigenvalue weighted by Gasteiger charge is -2.15. The molecule has 3 aromatic rings. The van der Waals surface area contributed by atoms with Gasteiger partial charge in [-0.3, -0.25) is 4.79 Å². The molecule has 1 N–H and O–H groups in total. The number of alkyl halides is 3. The van der Waals surface area contributed by atoms with Crippen LogP contribution in [0.3, 0.4) is 0 Å². The molecule has 148 valence electrons. The standard InChI is InChI=1S/C20H13F3N2O4/c1-11(19(27)25-13-4-2-3-12(7-13)10-24)28-14-5-6-15-16(20(21,22)23)9-18(26)29-17(15)8-14/h2-9,11H,1H3,(H,25,27). The molecule has 0 bridgehead atoms. The van der Waals surface area contributed by atoms with Gasteiger partial charge >= 0.3 is 11.8 Å². The molecule has 1 atom stereocenters. The minimum Gasteiger partial charge on any atom is -0.481 e. The topological polar surface area (TPSA) is 92.3 Å². The Bertz CT molecular complexity index is 1180. The summed E-state index contributed by atoms with van der Waals surface area (Å²) in [5.41, 5.74) is -1.81. The number of rotatable bonds is 4. The molecule has 1 aromatic heterocycles. The Morgan fingerprint density at radius 3 is 2.66 bits per heavy atom. The quantitative estimate of drug-likeness (QED) is 0.664. The lowest BCUT2D eigenvalue weighted by molar-refractivity contribution is -0.136. The molecule has 6 nitrogen and oxygen atoms in total. The zero-order valence-electron chi connectivity index (χ0n) is 14.9. The smallest absolute Gasteiger partial charge is 0.417 e. The van der Waals surface area contributed by atoms with Crippen molar-refractivity contribution in [2.75, 3.05) is 5.32 Å². The molecular formula is C20H13F3N2O4. The second kappa shape index (κ2) is 7.67. The Morgan fingerprint density at radius 2 is 1.97 bits per heavy atom. The number of anilines is 1. The SMILES string of the molecule is CC(Oc1ccc2c(C(F)(F)F)cc(=O)oc2c1)C(=O)Nc1cccc(C#N)c1. The predicted octanol–water partition coefficient (Wildman–Crippen LogP) is 4.09. The molecule has 0 aliphatic rings. The lowest BCUT2D eigenvalue weighted by Crippen LogP contribution is -2.30. The summed E-state index contributed by atoms with van der Waals surface area (Å²) in [4.78, 5) is 23.7. The van der Waals surface area contributed by atoms with E-state index in [1.54, 1.807) is 18.2 Å². The molecule has 0 saturated heterocycles. The van der Waals surface area contributed by atoms with Crippen molar-refractivity contribution in [3.63, 3.8) is 0 Å². The highest BCUT2D eigenvalue weighted by atomic mass is 19.4. The first-order valence-electron chi connectivity index (χ1n) is 8.30. The average molecular weight is 402 g/mol. The fourth-order valence-corrected chi connectivity index (χ4v) is 2.62. The van der Waals surface area contributed by atoms with Crippen molar-refractivity contribution in [1.29, 1.82) is 5.26 Å². The van der Waals surface area contributed by atoms with Gasteiger partial charge in [-0.2, -0.15) is 18.4 Å². The number of amides is 1. The Kier molecular flexibility index (Phi) is 5.28. The third-order valence-electron chi connectivity index (χ3n) is 3.96. The van der Waals surface area contributed by atoms with Gasteiger partial charge in [0.05, 0.1) is 17.2 Å². The van der Waals surface area contributed by atoms with Crippen LogP contribution in [-0.4, -0.2) is 12.0 Å². The van der Waals surface area contributed by atoms with Crippen LogP contribution >= 0.6 is 0 Å². The van der Waals surface area contributed by atoms with Crippen LogP contribution in [0.15, 0.2) is 57.7 Å². The molecular weight excluding hydrogens is 389 g/mol. The maximum absolute atomic E-state index is 13.1. The molecule has 29 heavy (non-hydrogen) atoms. The van der Waals surface area contributed by atoms with Crippen LogP contribution in [0.5, 0.6) is 5.75 Å². The Morgan fingerprint density at radius 1 is 1.21 bits per heavy atom. The number of nitrogens with zero attached hydrogens (tertiary/aromatic N) is 1. The summed E-state index contributed by atoms with van der Waals surface area (Å²) in [6.07, 6.45) is -5.74. The van der Waals surface area contributed by atoms with E-state index in [9.17, 15) is 22.8 Å². The molecule has 9 heteroatoms. The third-order valence-corrected chi connectivity index (χ3v) is 3.96. The molecule has 0 spiro atoms. The zero-order chi connectivity index (χ0) is 21.2. The van der Waals surface area contributed by atoms with Gasteiger partial charge in [0, 0.05) is 23.2 Å². The van der Waals surface area contributed by atoms with Gasteiger partial charge in [0.2, 0.25) is 0 Å². The van der Waals surface area contributed by atoms with E-state index in [0.717, 1.165) is 12.1 Å². The van der Waals surface area contributed by atoms with Gasteiger partial charge in [-0.1, -0.05) is 6.07 Å². The van der Waals surface area contributed by atoms with Crippen LogP contribution in [-0.2, 0) is 11.0 Å². The molecule has 3 rings (SSSR count). The van der Waals surface area contributed by atoms with Gasteiger partial charge in [0.1, 0.15) is 11.3 Å². The zero-order valence-corrected chi connectivity index (χ0v) is 14.9. The van der Waals surface area contributed by atoms with Crippen molar-refractivity contribution in [3.8, 4) is 11.8 Å². The van der Waals surface area contributed by atoms with Gasteiger partial charge in [-0.25, -0.2) is 4.79 Å². The fraction of sp³-hybridized carbons (Fsp3) is 0.150. The van der Waals surface area contributed by atoms with Gasteiger partial charge in [-0.05, 0) is 37.3 Å². The molecule has 2 aromatic carbocycles. The number of fused-ring (bicyclic) bond motifs is 1. The number of carbonyl (C=O) groups is 1. The first kappa shape index (κ1) is 19.9. The van der Waals surface area contributed by atoms with E-state index in [1.807, 2.05) is 6.07 Å². The van der Waals surface area contributed by atoms with E-state index < -0.39 is 29.4 Å². The molecule has 0 aliphatic heterocycles. The van der Waals surface area contributed by atoms with Crippen LogP contribution in [0.25, 0.3) is 11.0 Å². The van der Waals surface area contributed by atoms with Crippen molar-refractivity contribution >= 4 is 22.6 Å². The van der Waals surface area contributed by atoms with Gasteiger partial charge < -0.3 is 14.5 Å². The summed E-state index contributed by atoms with van der Waals surface area (Å²) in [6.45, 7) is 1.44. The Labute approximate surface area is 162 Å². The summed E-state index contributed by atoms with van der Waals surface area (Å²) in [6, 6.07) is 12.1. The van der Waals surface area contributed by atoms with E-state index in [2.05, 4.69) is 5.32 Å².